The first kappa shape index (κ1) is 19.8. The molecule has 1 aliphatic rings. The topological polar surface area (TPSA) is 64.5 Å². The van der Waals surface area contributed by atoms with E-state index in [1.807, 2.05) is 31.2 Å². The summed E-state index contributed by atoms with van der Waals surface area (Å²) >= 11 is 0. The fourth-order valence-electron chi connectivity index (χ4n) is 4.16. The van der Waals surface area contributed by atoms with E-state index in [0.29, 0.717) is 23.6 Å². The van der Waals surface area contributed by atoms with Crippen molar-refractivity contribution in [2.24, 2.45) is 0 Å². The van der Waals surface area contributed by atoms with Crippen LogP contribution in [0.5, 0.6) is 5.75 Å². The Labute approximate surface area is 179 Å². The Morgan fingerprint density at radius 1 is 1.16 bits per heavy atom. The zero-order valence-corrected chi connectivity index (χ0v) is 17.6. The molecular formula is C24H24FN3O3. The van der Waals surface area contributed by atoms with Gasteiger partial charge in [-0.05, 0) is 56.6 Å². The minimum atomic E-state index is -0.386. The number of hydrogen-bond acceptors (Lipinski definition) is 6. The van der Waals surface area contributed by atoms with E-state index >= 15 is 0 Å². The maximum atomic E-state index is 14.3. The molecule has 7 heteroatoms. The molecule has 1 atom stereocenters. The third-order valence-corrected chi connectivity index (χ3v) is 5.84. The van der Waals surface area contributed by atoms with Crippen LogP contribution in [0.15, 0.2) is 51.3 Å². The Morgan fingerprint density at radius 2 is 2.03 bits per heavy atom. The Hall–Kier alpha value is -3.19. The van der Waals surface area contributed by atoms with Gasteiger partial charge in [0.15, 0.2) is 11.5 Å². The molecule has 4 aromatic rings. The Morgan fingerprint density at radius 3 is 2.87 bits per heavy atom. The third kappa shape index (κ3) is 3.93. The van der Waals surface area contributed by atoms with E-state index in [0.717, 1.165) is 48.6 Å². The summed E-state index contributed by atoms with van der Waals surface area (Å²) in [4.78, 5) is 11.6. The van der Waals surface area contributed by atoms with E-state index in [-0.39, 0.29) is 17.6 Å². The second-order valence-corrected chi connectivity index (χ2v) is 7.96. The van der Waals surface area contributed by atoms with Crippen LogP contribution in [0.2, 0.25) is 0 Å². The van der Waals surface area contributed by atoms with Crippen LogP contribution in [0.3, 0.4) is 0 Å². The summed E-state index contributed by atoms with van der Waals surface area (Å²) in [5, 5.41) is 0. The normalized spacial score (nSPS) is 17.3. The molecule has 0 bridgehead atoms. The second-order valence-electron chi connectivity index (χ2n) is 7.96. The van der Waals surface area contributed by atoms with E-state index in [1.165, 1.54) is 6.07 Å². The van der Waals surface area contributed by atoms with Crippen LogP contribution in [0.1, 0.15) is 36.1 Å². The lowest BCUT2D eigenvalue weighted by atomic mass is 9.98. The predicted molar refractivity (Wildman–Crippen MR) is 114 cm³/mol. The molecule has 0 radical (unpaired) electrons. The van der Waals surface area contributed by atoms with Gasteiger partial charge in [-0.1, -0.05) is 12.1 Å². The first-order valence-electron chi connectivity index (χ1n) is 10.5. The molecule has 0 spiro atoms. The highest BCUT2D eigenvalue weighted by Crippen LogP contribution is 2.31. The lowest BCUT2D eigenvalue weighted by molar-refractivity contribution is 0.185. The molecule has 0 N–H and O–H groups in total. The summed E-state index contributed by atoms with van der Waals surface area (Å²) < 4.78 is 31.4. The number of para-hydroxylation sites is 2. The third-order valence-electron chi connectivity index (χ3n) is 5.84. The van der Waals surface area contributed by atoms with Crippen LogP contribution >= 0.6 is 0 Å². The fourth-order valence-corrected chi connectivity index (χ4v) is 4.16. The van der Waals surface area contributed by atoms with Gasteiger partial charge in [-0.15, -0.1) is 0 Å². The number of hydrogen-bond donors (Lipinski definition) is 0. The molecule has 2 aromatic carbocycles. The van der Waals surface area contributed by atoms with Crippen LogP contribution in [-0.2, 0) is 6.54 Å². The fraction of sp³-hybridized carbons (Fsp3) is 0.333. The predicted octanol–water partition coefficient (Wildman–Crippen LogP) is 5.32. The zero-order chi connectivity index (χ0) is 21.4. The average molecular weight is 421 g/mol. The van der Waals surface area contributed by atoms with Crippen molar-refractivity contribution in [2.45, 2.75) is 32.2 Å². The Balaban J connectivity index is 1.34. The SMILES string of the molecule is COc1ccc(F)c(-c2nc(CN3CCCC(c4nc5ccccc5o4)C3)c(C)o2)c1. The molecule has 31 heavy (non-hydrogen) atoms. The van der Waals surface area contributed by atoms with Crippen molar-refractivity contribution >= 4 is 11.1 Å². The van der Waals surface area contributed by atoms with Crippen molar-refractivity contribution < 1.29 is 18.0 Å². The van der Waals surface area contributed by atoms with Gasteiger partial charge in [-0.3, -0.25) is 4.90 Å². The number of halogens is 1. The number of rotatable bonds is 5. The van der Waals surface area contributed by atoms with E-state index < -0.39 is 0 Å². The summed E-state index contributed by atoms with van der Waals surface area (Å²) in [6.45, 7) is 4.30. The van der Waals surface area contributed by atoms with E-state index in [9.17, 15) is 4.39 Å². The van der Waals surface area contributed by atoms with E-state index in [2.05, 4.69) is 14.9 Å². The van der Waals surface area contributed by atoms with Crippen molar-refractivity contribution in [1.29, 1.82) is 0 Å². The van der Waals surface area contributed by atoms with Crippen LogP contribution in [0.25, 0.3) is 22.6 Å². The highest BCUT2D eigenvalue weighted by atomic mass is 19.1. The summed E-state index contributed by atoms with van der Waals surface area (Å²) in [6.07, 6.45) is 2.10. The summed E-state index contributed by atoms with van der Waals surface area (Å²) in [5.74, 6) is 2.18. The maximum Gasteiger partial charge on any atom is 0.229 e. The van der Waals surface area contributed by atoms with Gasteiger partial charge in [-0.2, -0.15) is 0 Å². The number of likely N-dealkylation sites (tertiary alicyclic amines) is 1. The van der Waals surface area contributed by atoms with Gasteiger partial charge in [0.2, 0.25) is 5.89 Å². The van der Waals surface area contributed by atoms with Gasteiger partial charge in [0.25, 0.3) is 0 Å². The molecular weight excluding hydrogens is 397 g/mol. The van der Waals surface area contributed by atoms with Crippen LogP contribution in [-0.4, -0.2) is 35.1 Å². The molecule has 1 unspecified atom stereocenters. The summed E-state index contributed by atoms with van der Waals surface area (Å²) in [6, 6.07) is 12.4. The van der Waals surface area contributed by atoms with Gasteiger partial charge in [-0.25, -0.2) is 14.4 Å². The van der Waals surface area contributed by atoms with Crippen LogP contribution < -0.4 is 4.74 Å². The van der Waals surface area contributed by atoms with Crippen molar-refractivity contribution in [3.63, 3.8) is 0 Å². The number of oxazole rings is 2. The number of ether oxygens (including phenoxy) is 1. The van der Waals surface area contributed by atoms with Gasteiger partial charge in [0, 0.05) is 19.0 Å². The molecule has 6 nitrogen and oxygen atoms in total. The first-order chi connectivity index (χ1) is 15.1. The standard InChI is InChI=1S/C24H24FN3O3/c1-15-21(27-24(30-15)18-12-17(29-2)9-10-19(18)25)14-28-11-5-6-16(13-28)23-26-20-7-3-4-8-22(20)31-23/h3-4,7-10,12,16H,5-6,11,13-14H2,1-2H3. The summed E-state index contributed by atoms with van der Waals surface area (Å²) in [7, 11) is 1.55. The molecule has 0 saturated carbocycles. The number of methoxy groups -OCH3 is 1. The van der Waals surface area contributed by atoms with E-state index in [4.69, 9.17) is 13.6 Å². The zero-order valence-electron chi connectivity index (χ0n) is 17.6. The van der Waals surface area contributed by atoms with Crippen LogP contribution in [0, 0.1) is 12.7 Å². The molecule has 0 amide bonds. The van der Waals surface area contributed by atoms with Gasteiger partial charge in [0.05, 0.1) is 18.4 Å². The quantitative estimate of drug-likeness (QED) is 0.435. The second kappa shape index (κ2) is 8.15. The largest absolute Gasteiger partial charge is 0.497 e. The van der Waals surface area contributed by atoms with Gasteiger partial charge >= 0.3 is 0 Å². The Bertz CT molecular complexity index is 1180. The molecule has 1 fully saturated rings. The van der Waals surface area contributed by atoms with Gasteiger partial charge in [0.1, 0.15) is 22.8 Å². The molecule has 3 heterocycles. The molecule has 5 rings (SSSR count). The van der Waals surface area contributed by atoms with E-state index in [1.54, 1.807) is 19.2 Å². The van der Waals surface area contributed by atoms with Crippen molar-refractivity contribution in [3.05, 3.63) is 65.6 Å². The lowest BCUT2D eigenvalue weighted by Crippen LogP contribution is -2.34. The van der Waals surface area contributed by atoms with Crippen molar-refractivity contribution in [2.75, 3.05) is 20.2 Å². The number of benzene rings is 2. The monoisotopic (exact) mass is 421 g/mol. The highest BCUT2D eigenvalue weighted by Gasteiger charge is 2.27. The molecule has 2 aromatic heterocycles. The highest BCUT2D eigenvalue weighted by molar-refractivity contribution is 5.72. The lowest BCUT2D eigenvalue weighted by Gasteiger charge is -2.30. The van der Waals surface area contributed by atoms with Crippen molar-refractivity contribution in [3.8, 4) is 17.2 Å². The first-order valence-corrected chi connectivity index (χ1v) is 10.5. The molecule has 1 saturated heterocycles. The molecule has 1 aliphatic heterocycles. The molecule has 160 valence electrons. The molecule has 0 aliphatic carbocycles. The smallest absolute Gasteiger partial charge is 0.229 e. The number of nitrogens with zero attached hydrogens (tertiary/aromatic N) is 3. The number of aryl methyl sites for hydroxylation is 1. The Kier molecular flexibility index (Phi) is 5.19. The minimum Gasteiger partial charge on any atom is -0.497 e. The van der Waals surface area contributed by atoms with Crippen LogP contribution in [0.4, 0.5) is 4.39 Å². The average Bonchev–Trinajstić information content (AvgIpc) is 3.38. The minimum absolute atomic E-state index is 0.239. The van der Waals surface area contributed by atoms with Gasteiger partial charge < -0.3 is 13.6 Å². The number of fused-ring (bicyclic) bond motifs is 1. The van der Waals surface area contributed by atoms with Crippen molar-refractivity contribution in [1.82, 2.24) is 14.9 Å². The maximum absolute atomic E-state index is 14.3. The summed E-state index contributed by atoms with van der Waals surface area (Å²) in [5.41, 5.74) is 2.84. The number of aromatic nitrogens is 2. The number of piperidine rings is 1.